The Morgan fingerprint density at radius 1 is 1.29 bits per heavy atom. The minimum Gasteiger partial charge on any atom is -0.497 e. The van der Waals surface area contributed by atoms with Gasteiger partial charge in [0, 0.05) is 18.7 Å². The molecular formula is C16H25NO4. The van der Waals surface area contributed by atoms with Gasteiger partial charge >= 0.3 is 0 Å². The van der Waals surface area contributed by atoms with Gasteiger partial charge in [0.1, 0.15) is 25.1 Å². The average molecular weight is 295 g/mol. The summed E-state index contributed by atoms with van der Waals surface area (Å²) in [6.45, 7) is 8.71. The Hall–Kier alpha value is -1.72. The van der Waals surface area contributed by atoms with Crippen molar-refractivity contribution in [2.75, 3.05) is 26.9 Å². The van der Waals surface area contributed by atoms with Crippen LogP contribution >= 0.6 is 0 Å². The lowest BCUT2D eigenvalue weighted by Crippen LogP contribution is -2.35. The van der Waals surface area contributed by atoms with Crippen LogP contribution < -0.4 is 19.5 Å². The van der Waals surface area contributed by atoms with E-state index in [1.54, 1.807) is 31.4 Å². The first-order valence-corrected chi connectivity index (χ1v) is 7.02. The second-order valence-electron chi connectivity index (χ2n) is 4.94. The summed E-state index contributed by atoms with van der Waals surface area (Å²) in [7, 11) is 1.59. The highest BCUT2D eigenvalue weighted by Crippen LogP contribution is 2.31. The van der Waals surface area contributed by atoms with E-state index >= 15 is 0 Å². The van der Waals surface area contributed by atoms with Gasteiger partial charge in [-0.05, 0) is 12.1 Å². The molecule has 5 nitrogen and oxygen atoms in total. The highest BCUT2D eigenvalue weighted by Gasteiger charge is 2.11. The van der Waals surface area contributed by atoms with Gasteiger partial charge in [0.15, 0.2) is 11.5 Å². The Balaban J connectivity index is 2.63. The Morgan fingerprint density at radius 2 is 2.05 bits per heavy atom. The van der Waals surface area contributed by atoms with Gasteiger partial charge in [-0.1, -0.05) is 26.5 Å². The molecule has 1 rings (SSSR count). The second-order valence-corrected chi connectivity index (χ2v) is 4.94. The van der Waals surface area contributed by atoms with Crippen molar-refractivity contribution in [1.82, 2.24) is 5.32 Å². The topological polar surface area (TPSA) is 60.0 Å². The van der Waals surface area contributed by atoms with Crippen LogP contribution in [0.25, 0.3) is 0 Å². The molecule has 0 radical (unpaired) electrons. The molecule has 0 bridgehead atoms. The van der Waals surface area contributed by atoms with Gasteiger partial charge < -0.3 is 24.6 Å². The van der Waals surface area contributed by atoms with Crippen molar-refractivity contribution in [2.24, 2.45) is 0 Å². The number of nitrogens with one attached hydrogen (secondary N) is 1. The number of aliphatic hydroxyl groups excluding tert-OH is 1. The number of rotatable bonds is 10. The average Bonchev–Trinajstić information content (AvgIpc) is 2.49. The molecule has 0 aliphatic heterocycles. The maximum Gasteiger partial charge on any atom is 0.165 e. The van der Waals surface area contributed by atoms with Crippen molar-refractivity contribution in [1.29, 1.82) is 0 Å². The summed E-state index contributed by atoms with van der Waals surface area (Å²) in [6, 6.07) is 5.63. The van der Waals surface area contributed by atoms with Gasteiger partial charge in [-0.2, -0.15) is 0 Å². The molecule has 5 heteroatoms. The Labute approximate surface area is 126 Å². The summed E-state index contributed by atoms with van der Waals surface area (Å²) in [4.78, 5) is 0. The number of aliphatic hydroxyl groups is 1. The predicted octanol–water partition coefficient (Wildman–Crippen LogP) is 2.00. The summed E-state index contributed by atoms with van der Waals surface area (Å²) in [5.74, 6) is 1.81. The van der Waals surface area contributed by atoms with E-state index in [4.69, 9.17) is 14.2 Å². The van der Waals surface area contributed by atoms with E-state index in [2.05, 4.69) is 11.9 Å². The summed E-state index contributed by atoms with van der Waals surface area (Å²) >= 11 is 0. The van der Waals surface area contributed by atoms with Crippen LogP contribution in [0.2, 0.25) is 0 Å². The fourth-order valence-corrected chi connectivity index (χ4v) is 1.61. The molecule has 1 aromatic rings. The van der Waals surface area contributed by atoms with E-state index < -0.39 is 6.10 Å². The van der Waals surface area contributed by atoms with Crippen molar-refractivity contribution in [3.05, 3.63) is 30.9 Å². The lowest BCUT2D eigenvalue weighted by molar-refractivity contribution is 0.102. The number of hydrogen-bond donors (Lipinski definition) is 2. The van der Waals surface area contributed by atoms with E-state index in [-0.39, 0.29) is 6.61 Å². The normalized spacial score (nSPS) is 12.0. The highest BCUT2D eigenvalue weighted by molar-refractivity contribution is 5.45. The van der Waals surface area contributed by atoms with Crippen molar-refractivity contribution < 1.29 is 19.3 Å². The third-order valence-corrected chi connectivity index (χ3v) is 2.70. The lowest BCUT2D eigenvalue weighted by atomic mass is 10.3. The van der Waals surface area contributed by atoms with Gasteiger partial charge in [-0.15, -0.1) is 0 Å². The second kappa shape index (κ2) is 9.26. The zero-order valence-electron chi connectivity index (χ0n) is 13.0. The molecule has 1 atom stereocenters. The quantitative estimate of drug-likeness (QED) is 0.647. The monoisotopic (exact) mass is 295 g/mol. The smallest absolute Gasteiger partial charge is 0.165 e. The largest absolute Gasteiger partial charge is 0.497 e. The highest BCUT2D eigenvalue weighted by atomic mass is 16.5. The van der Waals surface area contributed by atoms with E-state index in [1.165, 1.54) is 0 Å². The molecule has 0 aliphatic carbocycles. The molecule has 0 unspecified atom stereocenters. The number of methoxy groups -OCH3 is 1. The fraction of sp³-hybridized carbons (Fsp3) is 0.500. The molecule has 21 heavy (non-hydrogen) atoms. The van der Waals surface area contributed by atoms with Crippen molar-refractivity contribution >= 4 is 0 Å². The molecule has 2 N–H and O–H groups in total. The third kappa shape index (κ3) is 6.51. The van der Waals surface area contributed by atoms with Gasteiger partial charge in [-0.3, -0.25) is 0 Å². The first-order valence-electron chi connectivity index (χ1n) is 7.02. The summed E-state index contributed by atoms with van der Waals surface area (Å²) in [5, 5.41) is 13.0. The van der Waals surface area contributed by atoms with Crippen LogP contribution in [0.15, 0.2) is 30.9 Å². The summed E-state index contributed by atoms with van der Waals surface area (Å²) < 4.78 is 16.3. The van der Waals surface area contributed by atoms with Crippen LogP contribution in [0.3, 0.4) is 0 Å². The lowest BCUT2D eigenvalue weighted by Gasteiger charge is -2.17. The van der Waals surface area contributed by atoms with Gasteiger partial charge in [0.25, 0.3) is 0 Å². The van der Waals surface area contributed by atoms with E-state index in [0.717, 1.165) is 0 Å². The van der Waals surface area contributed by atoms with Crippen LogP contribution in [-0.4, -0.2) is 44.1 Å². The first-order chi connectivity index (χ1) is 10.1. The van der Waals surface area contributed by atoms with Gasteiger partial charge in [0.2, 0.25) is 0 Å². The van der Waals surface area contributed by atoms with Crippen LogP contribution in [0.5, 0.6) is 17.2 Å². The Bertz CT molecular complexity index is 434. The van der Waals surface area contributed by atoms with Gasteiger partial charge in [-0.25, -0.2) is 0 Å². The van der Waals surface area contributed by atoms with E-state index in [0.29, 0.717) is 36.4 Å². The molecule has 1 aromatic carbocycles. The summed E-state index contributed by atoms with van der Waals surface area (Å²) in [5.41, 5.74) is 0. The zero-order chi connectivity index (χ0) is 15.7. The third-order valence-electron chi connectivity index (χ3n) is 2.70. The molecular weight excluding hydrogens is 270 g/mol. The first kappa shape index (κ1) is 17.3. The Morgan fingerprint density at radius 3 is 2.67 bits per heavy atom. The van der Waals surface area contributed by atoms with Crippen LogP contribution in [-0.2, 0) is 0 Å². The zero-order valence-corrected chi connectivity index (χ0v) is 13.0. The number of benzene rings is 1. The number of ether oxygens (including phenoxy) is 3. The minimum absolute atomic E-state index is 0.178. The molecule has 118 valence electrons. The fourth-order valence-electron chi connectivity index (χ4n) is 1.61. The molecule has 0 aromatic heterocycles. The molecule has 0 saturated carbocycles. The van der Waals surface area contributed by atoms with Crippen molar-refractivity contribution in [2.45, 2.75) is 26.0 Å². The molecule has 0 spiro atoms. The standard InChI is InChI=1S/C16H25NO4/c1-5-8-20-15-7-6-14(19-4)9-16(15)21-11-13(18)10-17-12(2)3/h5-7,9,12-13,17-18H,1,8,10-11H2,2-4H3/t13-/m1/s1. The maximum atomic E-state index is 9.88. The Kier molecular flexibility index (Phi) is 7.64. The molecule has 0 fully saturated rings. The minimum atomic E-state index is -0.592. The van der Waals surface area contributed by atoms with Gasteiger partial charge in [0.05, 0.1) is 7.11 Å². The maximum absolute atomic E-state index is 9.88. The molecule has 0 heterocycles. The SMILES string of the molecule is C=CCOc1ccc(OC)cc1OC[C@H](O)CNC(C)C. The molecule has 0 aliphatic rings. The van der Waals surface area contributed by atoms with Crippen LogP contribution in [0.4, 0.5) is 0 Å². The molecule has 0 saturated heterocycles. The summed E-state index contributed by atoms with van der Waals surface area (Å²) in [6.07, 6.45) is 1.07. The van der Waals surface area contributed by atoms with Crippen LogP contribution in [0, 0.1) is 0 Å². The molecule has 0 amide bonds. The number of hydrogen-bond acceptors (Lipinski definition) is 5. The van der Waals surface area contributed by atoms with Crippen molar-refractivity contribution in [3.63, 3.8) is 0 Å². The van der Waals surface area contributed by atoms with Crippen LogP contribution in [0.1, 0.15) is 13.8 Å². The van der Waals surface area contributed by atoms with E-state index in [1.807, 2.05) is 13.8 Å². The van der Waals surface area contributed by atoms with E-state index in [9.17, 15) is 5.11 Å². The predicted molar refractivity (Wildman–Crippen MR) is 83.3 cm³/mol. The van der Waals surface area contributed by atoms with Crippen molar-refractivity contribution in [3.8, 4) is 17.2 Å².